The maximum Gasteiger partial charge on any atom is 0.335 e. The van der Waals surface area contributed by atoms with Gasteiger partial charge < -0.3 is 10.1 Å². The molecule has 0 aliphatic rings. The summed E-state index contributed by atoms with van der Waals surface area (Å²) in [6.07, 6.45) is 1.43. The molecule has 0 saturated heterocycles. The molecule has 2 N–H and O–H groups in total. The van der Waals surface area contributed by atoms with E-state index in [0.29, 0.717) is 15.9 Å². The minimum absolute atomic E-state index is 0.0824. The highest BCUT2D eigenvalue weighted by atomic mass is 32.1. The lowest BCUT2D eigenvalue weighted by molar-refractivity contribution is 0.0696. The van der Waals surface area contributed by atoms with E-state index in [4.69, 9.17) is 17.3 Å². The van der Waals surface area contributed by atoms with Crippen molar-refractivity contribution < 1.29 is 14.3 Å². The quantitative estimate of drug-likeness (QED) is 0.845. The number of H-pyrrole nitrogens is 1. The molecule has 1 aromatic carbocycles. The number of aromatic amines is 1. The van der Waals surface area contributed by atoms with Crippen LogP contribution < -0.4 is 0 Å². The van der Waals surface area contributed by atoms with E-state index >= 15 is 0 Å². The Morgan fingerprint density at radius 2 is 2.10 bits per heavy atom. The molecule has 2 aromatic rings. The fourth-order valence-electron chi connectivity index (χ4n) is 2.04. The Labute approximate surface area is 120 Å². The van der Waals surface area contributed by atoms with Gasteiger partial charge in [0.25, 0.3) is 0 Å². The second-order valence-corrected chi connectivity index (χ2v) is 5.07. The summed E-state index contributed by atoms with van der Waals surface area (Å²) in [6.45, 7) is 3.89. The number of halogens is 1. The van der Waals surface area contributed by atoms with E-state index in [2.05, 4.69) is 9.97 Å². The number of hydrogen-bond acceptors (Lipinski definition) is 3. The highest BCUT2D eigenvalue weighted by molar-refractivity contribution is 7.71. The Morgan fingerprint density at radius 3 is 2.70 bits per heavy atom. The van der Waals surface area contributed by atoms with Crippen molar-refractivity contribution in [2.24, 2.45) is 0 Å². The molecule has 4 nitrogen and oxygen atoms in total. The third-order valence-corrected chi connectivity index (χ3v) is 3.23. The predicted octanol–water partition coefficient (Wildman–Crippen LogP) is 3.77. The van der Waals surface area contributed by atoms with Crippen LogP contribution >= 0.6 is 12.2 Å². The molecule has 0 aliphatic carbocycles. The first-order valence-corrected chi connectivity index (χ1v) is 6.42. The SMILES string of the molecule is CC(C)c1c(-c2cc(F)cc(C(=O)O)c2)[nH]cnc1=S. The van der Waals surface area contributed by atoms with Crippen molar-refractivity contribution >= 4 is 18.2 Å². The number of rotatable bonds is 3. The van der Waals surface area contributed by atoms with E-state index in [-0.39, 0.29) is 11.5 Å². The second-order valence-electron chi connectivity index (χ2n) is 4.68. The normalized spacial score (nSPS) is 10.8. The van der Waals surface area contributed by atoms with Crippen LogP contribution in [0.25, 0.3) is 11.3 Å². The van der Waals surface area contributed by atoms with Crippen molar-refractivity contribution in [2.75, 3.05) is 0 Å². The van der Waals surface area contributed by atoms with Gasteiger partial charge in [-0.3, -0.25) is 0 Å². The maximum absolute atomic E-state index is 13.6. The van der Waals surface area contributed by atoms with Crippen molar-refractivity contribution in [1.29, 1.82) is 0 Å². The van der Waals surface area contributed by atoms with Crippen LogP contribution in [0.3, 0.4) is 0 Å². The number of hydrogen-bond donors (Lipinski definition) is 2. The first kappa shape index (κ1) is 14.3. The van der Waals surface area contributed by atoms with Gasteiger partial charge in [-0.1, -0.05) is 26.1 Å². The molecule has 1 aromatic heterocycles. The van der Waals surface area contributed by atoms with Gasteiger partial charge in [-0.15, -0.1) is 0 Å². The highest BCUT2D eigenvalue weighted by Gasteiger charge is 2.15. The average molecular weight is 292 g/mol. The number of benzene rings is 1. The monoisotopic (exact) mass is 292 g/mol. The maximum atomic E-state index is 13.6. The number of nitrogens with zero attached hydrogens (tertiary/aromatic N) is 1. The van der Waals surface area contributed by atoms with Crippen molar-refractivity contribution in [3.8, 4) is 11.3 Å². The molecular weight excluding hydrogens is 279 g/mol. The van der Waals surface area contributed by atoms with Crippen LogP contribution in [-0.2, 0) is 0 Å². The fraction of sp³-hybridized carbons (Fsp3) is 0.214. The number of nitrogens with one attached hydrogen (secondary N) is 1. The molecule has 104 valence electrons. The van der Waals surface area contributed by atoms with Crippen molar-refractivity contribution in [3.05, 3.63) is 46.1 Å². The molecule has 0 aliphatic heterocycles. The molecule has 2 rings (SSSR count). The van der Waals surface area contributed by atoms with Crippen LogP contribution in [0.5, 0.6) is 0 Å². The van der Waals surface area contributed by atoms with Crippen LogP contribution in [0.2, 0.25) is 0 Å². The van der Waals surface area contributed by atoms with Gasteiger partial charge in [0.1, 0.15) is 10.5 Å². The Kier molecular flexibility index (Phi) is 3.94. The first-order chi connectivity index (χ1) is 9.40. The van der Waals surface area contributed by atoms with Crippen molar-refractivity contribution in [1.82, 2.24) is 9.97 Å². The van der Waals surface area contributed by atoms with Gasteiger partial charge in [0.2, 0.25) is 0 Å². The first-order valence-electron chi connectivity index (χ1n) is 6.02. The lowest BCUT2D eigenvalue weighted by Crippen LogP contribution is -2.02. The Balaban J connectivity index is 2.72. The zero-order valence-corrected chi connectivity index (χ0v) is 11.8. The predicted molar refractivity (Wildman–Crippen MR) is 75.9 cm³/mol. The molecule has 0 radical (unpaired) electrons. The van der Waals surface area contributed by atoms with Crippen LogP contribution in [0.4, 0.5) is 4.39 Å². The second kappa shape index (κ2) is 5.50. The van der Waals surface area contributed by atoms with E-state index in [0.717, 1.165) is 11.6 Å². The summed E-state index contributed by atoms with van der Waals surface area (Å²) in [5.74, 6) is -1.70. The summed E-state index contributed by atoms with van der Waals surface area (Å²) in [7, 11) is 0. The van der Waals surface area contributed by atoms with Gasteiger partial charge in [-0.2, -0.15) is 0 Å². The molecule has 0 bridgehead atoms. The minimum Gasteiger partial charge on any atom is -0.478 e. The van der Waals surface area contributed by atoms with Gasteiger partial charge in [0.15, 0.2) is 0 Å². The molecule has 6 heteroatoms. The summed E-state index contributed by atoms with van der Waals surface area (Å²) in [6, 6.07) is 3.67. The van der Waals surface area contributed by atoms with Gasteiger partial charge in [-0.25, -0.2) is 14.2 Å². The van der Waals surface area contributed by atoms with Crippen molar-refractivity contribution in [3.63, 3.8) is 0 Å². The fourth-order valence-corrected chi connectivity index (χ4v) is 2.43. The summed E-state index contributed by atoms with van der Waals surface area (Å²) in [5, 5.41) is 9.00. The van der Waals surface area contributed by atoms with Gasteiger partial charge >= 0.3 is 5.97 Å². The number of carboxylic acid groups (broad SMARTS) is 1. The lowest BCUT2D eigenvalue weighted by atomic mass is 9.97. The van der Waals surface area contributed by atoms with Gasteiger partial charge in [0.05, 0.1) is 17.6 Å². The molecule has 20 heavy (non-hydrogen) atoms. The number of aromatic carboxylic acids is 1. The molecular formula is C14H13FN2O2S. The van der Waals surface area contributed by atoms with Gasteiger partial charge in [-0.05, 0) is 24.1 Å². The third kappa shape index (κ3) is 2.75. The zero-order chi connectivity index (χ0) is 14.9. The third-order valence-electron chi connectivity index (χ3n) is 2.90. The Morgan fingerprint density at radius 1 is 1.40 bits per heavy atom. The van der Waals surface area contributed by atoms with Crippen LogP contribution in [-0.4, -0.2) is 21.0 Å². The van der Waals surface area contributed by atoms with Crippen LogP contribution in [0, 0.1) is 10.5 Å². The van der Waals surface area contributed by atoms with E-state index in [1.807, 2.05) is 13.8 Å². The van der Waals surface area contributed by atoms with E-state index < -0.39 is 11.8 Å². The number of carbonyl (C=O) groups is 1. The number of aromatic nitrogens is 2. The Bertz CT molecular complexity index is 725. The summed E-state index contributed by atoms with van der Waals surface area (Å²) >= 11 is 5.19. The van der Waals surface area contributed by atoms with Crippen molar-refractivity contribution in [2.45, 2.75) is 19.8 Å². The van der Waals surface area contributed by atoms with Gasteiger partial charge in [0, 0.05) is 11.1 Å². The molecule has 0 fully saturated rings. The molecule has 0 unspecified atom stereocenters. The number of carboxylic acids is 1. The average Bonchev–Trinajstić information content (AvgIpc) is 2.37. The highest BCUT2D eigenvalue weighted by Crippen LogP contribution is 2.28. The lowest BCUT2D eigenvalue weighted by Gasteiger charge is -2.13. The topological polar surface area (TPSA) is 66.0 Å². The largest absolute Gasteiger partial charge is 0.478 e. The van der Waals surface area contributed by atoms with Crippen LogP contribution in [0.1, 0.15) is 35.7 Å². The van der Waals surface area contributed by atoms with Crippen LogP contribution in [0.15, 0.2) is 24.5 Å². The molecule has 0 saturated carbocycles. The molecule has 1 heterocycles. The molecule has 0 spiro atoms. The zero-order valence-electron chi connectivity index (χ0n) is 11.0. The van der Waals surface area contributed by atoms with E-state index in [9.17, 15) is 9.18 Å². The standard InChI is InChI=1S/C14H13FN2O2S/c1-7(2)11-12(16-6-17-13(11)20)8-3-9(14(18)19)5-10(15)4-8/h3-7H,1-2H3,(H,18,19)(H,16,17,20). The van der Waals surface area contributed by atoms with E-state index in [1.165, 1.54) is 18.5 Å². The molecule has 0 amide bonds. The minimum atomic E-state index is -1.18. The summed E-state index contributed by atoms with van der Waals surface area (Å²) < 4.78 is 14.0. The van der Waals surface area contributed by atoms with E-state index in [1.54, 1.807) is 0 Å². The summed E-state index contributed by atoms with van der Waals surface area (Å²) in [5.41, 5.74) is 1.71. The molecule has 0 atom stereocenters. The summed E-state index contributed by atoms with van der Waals surface area (Å²) in [4.78, 5) is 18.0. The Hall–Kier alpha value is -2.08. The smallest absolute Gasteiger partial charge is 0.335 e.